The number of esters is 1. The van der Waals surface area contributed by atoms with Gasteiger partial charge in [-0.15, -0.1) is 11.8 Å². The number of carbonyl (C=O) groups is 1. The highest BCUT2D eigenvalue weighted by atomic mass is 32.2. The molecule has 0 fully saturated rings. The minimum absolute atomic E-state index is 0.242. The molecule has 0 N–H and O–H groups in total. The number of methoxy groups -OCH3 is 1. The van der Waals surface area contributed by atoms with Gasteiger partial charge in [-0.2, -0.15) is 4.98 Å². The number of nitrogens with zero attached hydrogens (tertiary/aromatic N) is 2. The van der Waals surface area contributed by atoms with Crippen molar-refractivity contribution in [2.75, 3.05) is 7.11 Å². The zero-order chi connectivity index (χ0) is 15.2. The molecule has 112 valence electrons. The van der Waals surface area contributed by atoms with E-state index < -0.39 is 0 Å². The SMILES string of the molecule is COC(=O)[C@H](C)SCc1noc(Cc2ccccc2C)n1. The Morgan fingerprint density at radius 1 is 1.43 bits per heavy atom. The fourth-order valence-corrected chi connectivity index (χ4v) is 2.57. The van der Waals surface area contributed by atoms with Gasteiger partial charge in [-0.3, -0.25) is 4.79 Å². The number of thioether (sulfide) groups is 1. The van der Waals surface area contributed by atoms with E-state index in [1.54, 1.807) is 6.92 Å². The lowest BCUT2D eigenvalue weighted by Gasteiger charge is -2.06. The van der Waals surface area contributed by atoms with Crippen molar-refractivity contribution in [1.29, 1.82) is 0 Å². The van der Waals surface area contributed by atoms with Crippen LogP contribution in [0.4, 0.5) is 0 Å². The minimum atomic E-state index is -0.247. The van der Waals surface area contributed by atoms with Crippen LogP contribution in [0.1, 0.15) is 29.8 Å². The molecular weight excluding hydrogens is 288 g/mol. The zero-order valence-corrected chi connectivity index (χ0v) is 13.1. The highest BCUT2D eigenvalue weighted by Crippen LogP contribution is 2.18. The second-order valence-corrected chi connectivity index (χ2v) is 6.01. The first-order chi connectivity index (χ1) is 10.1. The summed E-state index contributed by atoms with van der Waals surface area (Å²) < 4.78 is 9.93. The van der Waals surface area contributed by atoms with Crippen molar-refractivity contribution in [2.45, 2.75) is 31.3 Å². The van der Waals surface area contributed by atoms with Gasteiger partial charge in [-0.05, 0) is 25.0 Å². The normalized spacial score (nSPS) is 12.1. The van der Waals surface area contributed by atoms with Gasteiger partial charge < -0.3 is 9.26 Å². The van der Waals surface area contributed by atoms with Crippen molar-refractivity contribution in [3.63, 3.8) is 0 Å². The van der Waals surface area contributed by atoms with Crippen LogP contribution >= 0.6 is 11.8 Å². The molecule has 6 heteroatoms. The molecule has 5 nitrogen and oxygen atoms in total. The van der Waals surface area contributed by atoms with Gasteiger partial charge in [0.25, 0.3) is 0 Å². The van der Waals surface area contributed by atoms with E-state index in [0.717, 1.165) is 0 Å². The van der Waals surface area contributed by atoms with E-state index in [0.29, 0.717) is 23.9 Å². The number of aromatic nitrogens is 2. The molecule has 0 saturated carbocycles. The lowest BCUT2D eigenvalue weighted by molar-refractivity contribution is -0.139. The summed E-state index contributed by atoms with van der Waals surface area (Å²) in [4.78, 5) is 15.7. The van der Waals surface area contributed by atoms with Crippen LogP contribution in [0, 0.1) is 6.92 Å². The molecule has 0 bridgehead atoms. The van der Waals surface area contributed by atoms with Crippen molar-refractivity contribution in [3.8, 4) is 0 Å². The van der Waals surface area contributed by atoms with Crippen LogP contribution in [0.2, 0.25) is 0 Å². The number of hydrogen-bond acceptors (Lipinski definition) is 6. The summed E-state index contributed by atoms with van der Waals surface area (Å²) in [6.07, 6.45) is 0.622. The molecule has 21 heavy (non-hydrogen) atoms. The topological polar surface area (TPSA) is 65.2 Å². The molecule has 2 rings (SSSR count). The standard InChI is InChI=1S/C15H18N2O3S/c1-10-6-4-5-7-12(10)8-14-16-13(17-20-14)9-21-11(2)15(18)19-3/h4-7,11H,8-9H2,1-3H3/t11-/m0/s1. The third-order valence-electron chi connectivity index (χ3n) is 3.11. The predicted octanol–water partition coefficient (Wildman–Crippen LogP) is 2.76. The van der Waals surface area contributed by atoms with Crippen LogP contribution < -0.4 is 0 Å². The van der Waals surface area contributed by atoms with Crippen LogP contribution in [0.25, 0.3) is 0 Å². The van der Waals surface area contributed by atoms with E-state index in [-0.39, 0.29) is 11.2 Å². The van der Waals surface area contributed by atoms with E-state index in [2.05, 4.69) is 27.9 Å². The summed E-state index contributed by atoms with van der Waals surface area (Å²) >= 11 is 1.43. The van der Waals surface area contributed by atoms with Crippen LogP contribution in [0.5, 0.6) is 0 Å². The summed E-state index contributed by atoms with van der Waals surface area (Å²) in [6, 6.07) is 8.10. The van der Waals surface area contributed by atoms with Crippen LogP contribution in [-0.2, 0) is 21.7 Å². The van der Waals surface area contributed by atoms with Crippen LogP contribution in [-0.4, -0.2) is 28.5 Å². The zero-order valence-electron chi connectivity index (χ0n) is 12.3. The predicted molar refractivity (Wildman–Crippen MR) is 81.1 cm³/mol. The Morgan fingerprint density at radius 2 is 2.19 bits per heavy atom. The average molecular weight is 306 g/mol. The first-order valence-corrected chi connectivity index (χ1v) is 7.70. The molecule has 1 heterocycles. The molecule has 2 aromatic rings. The van der Waals surface area contributed by atoms with Gasteiger partial charge in [0.2, 0.25) is 5.89 Å². The average Bonchev–Trinajstić information content (AvgIpc) is 2.94. The Labute approximate surface area is 128 Å². The molecule has 0 spiro atoms. The van der Waals surface area contributed by atoms with Gasteiger partial charge in [-0.25, -0.2) is 0 Å². The molecule has 0 aliphatic rings. The summed E-state index contributed by atoms with van der Waals surface area (Å²) in [5.41, 5.74) is 2.37. The maximum absolute atomic E-state index is 11.3. The van der Waals surface area contributed by atoms with Gasteiger partial charge in [0.15, 0.2) is 5.82 Å². The van der Waals surface area contributed by atoms with Crippen LogP contribution in [0.3, 0.4) is 0 Å². The molecule has 0 saturated heterocycles. The minimum Gasteiger partial charge on any atom is -0.468 e. The number of rotatable bonds is 6. The van der Waals surface area contributed by atoms with Gasteiger partial charge in [0.05, 0.1) is 19.3 Å². The Morgan fingerprint density at radius 3 is 2.90 bits per heavy atom. The van der Waals surface area contributed by atoms with Gasteiger partial charge in [0, 0.05) is 0 Å². The van der Waals surface area contributed by atoms with E-state index in [1.165, 1.54) is 30.0 Å². The van der Waals surface area contributed by atoms with E-state index in [1.807, 2.05) is 18.2 Å². The first kappa shape index (κ1) is 15.6. The summed E-state index contributed by atoms with van der Waals surface area (Å²) in [5.74, 6) is 1.46. The molecule has 1 atom stereocenters. The molecule has 0 amide bonds. The van der Waals surface area contributed by atoms with Gasteiger partial charge >= 0.3 is 5.97 Å². The monoisotopic (exact) mass is 306 g/mol. The molecule has 0 radical (unpaired) electrons. The highest BCUT2D eigenvalue weighted by molar-refractivity contribution is 7.99. The molecule has 1 aromatic carbocycles. The van der Waals surface area contributed by atoms with Crippen molar-refractivity contribution >= 4 is 17.7 Å². The Bertz CT molecular complexity index is 612. The molecule has 0 aliphatic heterocycles. The lowest BCUT2D eigenvalue weighted by Crippen LogP contribution is -2.15. The van der Waals surface area contributed by atoms with E-state index >= 15 is 0 Å². The smallest absolute Gasteiger partial charge is 0.318 e. The van der Waals surface area contributed by atoms with Crippen molar-refractivity contribution in [3.05, 3.63) is 47.1 Å². The maximum atomic E-state index is 11.3. The Balaban J connectivity index is 1.93. The summed E-state index contributed by atoms with van der Waals surface area (Å²) in [5, 5.41) is 3.70. The number of carbonyl (C=O) groups excluding carboxylic acids is 1. The molecule has 1 aromatic heterocycles. The lowest BCUT2D eigenvalue weighted by atomic mass is 10.1. The fraction of sp³-hybridized carbons (Fsp3) is 0.400. The van der Waals surface area contributed by atoms with Gasteiger partial charge in [0.1, 0.15) is 5.25 Å². The summed E-state index contributed by atoms with van der Waals surface area (Å²) in [6.45, 7) is 3.85. The fourth-order valence-electron chi connectivity index (χ4n) is 1.83. The van der Waals surface area contributed by atoms with Crippen LogP contribution in [0.15, 0.2) is 28.8 Å². The van der Waals surface area contributed by atoms with Crippen molar-refractivity contribution < 1.29 is 14.1 Å². The number of ether oxygens (including phenoxy) is 1. The van der Waals surface area contributed by atoms with E-state index in [4.69, 9.17) is 4.52 Å². The molecule has 0 unspecified atom stereocenters. The van der Waals surface area contributed by atoms with Crippen molar-refractivity contribution in [2.24, 2.45) is 0 Å². The third-order valence-corrected chi connectivity index (χ3v) is 4.23. The van der Waals surface area contributed by atoms with Crippen molar-refractivity contribution in [1.82, 2.24) is 10.1 Å². The number of hydrogen-bond donors (Lipinski definition) is 0. The quantitative estimate of drug-likeness (QED) is 0.765. The van der Waals surface area contributed by atoms with Gasteiger partial charge in [-0.1, -0.05) is 29.4 Å². The highest BCUT2D eigenvalue weighted by Gasteiger charge is 2.15. The molecule has 0 aliphatic carbocycles. The third kappa shape index (κ3) is 4.32. The second kappa shape index (κ2) is 7.26. The second-order valence-electron chi connectivity index (χ2n) is 4.68. The number of benzene rings is 1. The van der Waals surface area contributed by atoms with E-state index in [9.17, 15) is 4.79 Å². The number of aryl methyl sites for hydroxylation is 1. The molecular formula is C15H18N2O3S. The summed E-state index contributed by atoms with van der Waals surface area (Å²) in [7, 11) is 1.38. The largest absolute Gasteiger partial charge is 0.468 e. The Kier molecular flexibility index (Phi) is 5.38. The maximum Gasteiger partial charge on any atom is 0.318 e. The first-order valence-electron chi connectivity index (χ1n) is 6.65. The Hall–Kier alpha value is -1.82.